The highest BCUT2D eigenvalue weighted by atomic mass is 32.1. The highest BCUT2D eigenvalue weighted by molar-refractivity contribution is 7.26. The van der Waals surface area contributed by atoms with E-state index in [2.05, 4.69) is 169 Å². The fraction of sp³-hybridized carbons (Fsp3) is 0.0667. The van der Waals surface area contributed by atoms with Crippen molar-refractivity contribution < 1.29 is 0 Å². The van der Waals surface area contributed by atoms with Crippen LogP contribution in [0.1, 0.15) is 25.0 Å². The minimum atomic E-state index is -0.143. The lowest BCUT2D eigenvalue weighted by atomic mass is 9.82. The van der Waals surface area contributed by atoms with Crippen LogP contribution < -0.4 is 0 Å². The molecule has 0 saturated heterocycles. The normalized spacial score (nSPS) is 13.8. The quantitative estimate of drug-likeness (QED) is 0.180. The van der Waals surface area contributed by atoms with Crippen LogP contribution in [0.15, 0.2) is 146 Å². The number of benzene rings is 7. The molecule has 48 heavy (non-hydrogen) atoms. The molecule has 226 valence electrons. The SMILES string of the molecule is CC1(C)c2cc(-n3c4ccccc4c4ccccc43)ccc2-c2ccc3c(sc4ccc(-n5c6ccccc6c6ccccc65)cc43)c21. The van der Waals surface area contributed by atoms with Crippen molar-refractivity contribution in [1.29, 1.82) is 0 Å². The molecular formula is C45H30N2S. The van der Waals surface area contributed by atoms with Gasteiger partial charge in [0, 0.05) is 58.5 Å². The van der Waals surface area contributed by atoms with E-state index in [-0.39, 0.29) is 5.41 Å². The maximum absolute atomic E-state index is 2.45. The molecule has 0 radical (unpaired) electrons. The standard InChI is InChI=1S/C45H30N2S/c1-45(2)37-26-28(47-40-17-9-5-13-32(40)33-14-6-10-18-41(33)47)19-21-29(37)34-22-23-35-36-25-27(20-24-42(36)48-44(35)43(34)45)46-38-15-7-3-11-30(38)31-12-4-8-16-39(31)46/h3-26H,1-2H3. The summed E-state index contributed by atoms with van der Waals surface area (Å²) in [6, 6.07) is 54.0. The summed E-state index contributed by atoms with van der Waals surface area (Å²) in [5.41, 5.74) is 12.8. The number of rotatable bonds is 2. The molecule has 0 spiro atoms. The predicted octanol–water partition coefficient (Wildman–Crippen LogP) is 12.6. The van der Waals surface area contributed by atoms with Gasteiger partial charge in [-0.25, -0.2) is 0 Å². The van der Waals surface area contributed by atoms with Crippen molar-refractivity contribution in [2.24, 2.45) is 0 Å². The van der Waals surface area contributed by atoms with Gasteiger partial charge in [-0.2, -0.15) is 0 Å². The summed E-state index contributed by atoms with van der Waals surface area (Å²) < 4.78 is 7.61. The van der Waals surface area contributed by atoms with Crippen LogP contribution in [0.2, 0.25) is 0 Å². The minimum Gasteiger partial charge on any atom is -0.309 e. The Morgan fingerprint density at radius 3 is 1.48 bits per heavy atom. The third-order valence-corrected chi connectivity index (χ3v) is 12.1. The molecule has 0 aliphatic heterocycles. The molecule has 0 fully saturated rings. The molecule has 0 atom stereocenters. The van der Waals surface area contributed by atoms with E-state index >= 15 is 0 Å². The van der Waals surface area contributed by atoms with Crippen LogP contribution in [-0.4, -0.2) is 9.13 Å². The van der Waals surface area contributed by atoms with Gasteiger partial charge in [0.05, 0.1) is 22.1 Å². The zero-order valence-electron chi connectivity index (χ0n) is 26.7. The van der Waals surface area contributed by atoms with Gasteiger partial charge in [-0.05, 0) is 76.9 Å². The first-order valence-electron chi connectivity index (χ1n) is 16.7. The second kappa shape index (κ2) is 9.25. The number of hydrogen-bond acceptors (Lipinski definition) is 1. The van der Waals surface area contributed by atoms with Crippen molar-refractivity contribution in [3.63, 3.8) is 0 Å². The average Bonchev–Trinajstić information content (AvgIpc) is 3.83. The van der Waals surface area contributed by atoms with E-state index in [4.69, 9.17) is 0 Å². The number of thiophene rings is 1. The largest absolute Gasteiger partial charge is 0.309 e. The molecule has 1 aliphatic carbocycles. The van der Waals surface area contributed by atoms with Crippen LogP contribution in [0.4, 0.5) is 0 Å². The van der Waals surface area contributed by atoms with E-state index in [0.29, 0.717) is 0 Å². The maximum atomic E-state index is 2.45. The molecule has 7 aromatic carbocycles. The van der Waals surface area contributed by atoms with E-state index in [1.165, 1.54) is 97.4 Å². The van der Waals surface area contributed by atoms with Gasteiger partial charge in [-0.3, -0.25) is 0 Å². The Bertz CT molecular complexity index is 2880. The number of hydrogen-bond donors (Lipinski definition) is 0. The second-order valence-corrected chi connectivity index (χ2v) is 14.8. The summed E-state index contributed by atoms with van der Waals surface area (Å²) in [5.74, 6) is 0. The summed E-state index contributed by atoms with van der Waals surface area (Å²) in [6.07, 6.45) is 0. The topological polar surface area (TPSA) is 9.86 Å². The number of nitrogens with zero attached hydrogens (tertiary/aromatic N) is 2. The van der Waals surface area contributed by atoms with Gasteiger partial charge in [0.25, 0.3) is 0 Å². The summed E-state index contributed by atoms with van der Waals surface area (Å²) in [6.45, 7) is 4.83. The van der Waals surface area contributed by atoms with Gasteiger partial charge < -0.3 is 9.13 Å². The summed E-state index contributed by atoms with van der Waals surface area (Å²) >= 11 is 1.94. The molecular weight excluding hydrogens is 601 g/mol. The van der Waals surface area contributed by atoms with Gasteiger partial charge in [-0.1, -0.05) is 105 Å². The second-order valence-electron chi connectivity index (χ2n) is 13.7. The van der Waals surface area contributed by atoms with Gasteiger partial charge in [0.2, 0.25) is 0 Å². The van der Waals surface area contributed by atoms with Crippen molar-refractivity contribution in [2.45, 2.75) is 19.3 Å². The fourth-order valence-corrected chi connectivity index (χ4v) is 10.2. The fourth-order valence-electron chi connectivity index (χ4n) is 8.77. The lowest BCUT2D eigenvalue weighted by molar-refractivity contribution is 0.666. The lowest BCUT2D eigenvalue weighted by Gasteiger charge is -2.23. The zero-order chi connectivity index (χ0) is 31.7. The Hall–Kier alpha value is -5.64. The Morgan fingerprint density at radius 1 is 0.438 bits per heavy atom. The van der Waals surface area contributed by atoms with E-state index in [9.17, 15) is 0 Å². The molecule has 10 aromatic rings. The van der Waals surface area contributed by atoms with Crippen molar-refractivity contribution in [2.75, 3.05) is 0 Å². The smallest absolute Gasteiger partial charge is 0.0541 e. The molecule has 0 amide bonds. The average molecular weight is 631 g/mol. The van der Waals surface area contributed by atoms with Crippen LogP contribution in [0, 0.1) is 0 Å². The highest BCUT2D eigenvalue weighted by Gasteiger charge is 2.38. The van der Waals surface area contributed by atoms with E-state index < -0.39 is 0 Å². The first kappa shape index (κ1) is 26.4. The van der Waals surface area contributed by atoms with Crippen LogP contribution in [0.3, 0.4) is 0 Å². The van der Waals surface area contributed by atoms with Gasteiger partial charge in [0.1, 0.15) is 0 Å². The van der Waals surface area contributed by atoms with Crippen LogP contribution in [0.25, 0.3) is 86.3 Å². The Balaban J connectivity index is 1.11. The minimum absolute atomic E-state index is 0.143. The number of fused-ring (bicyclic) bond motifs is 13. The molecule has 0 N–H and O–H groups in total. The van der Waals surface area contributed by atoms with Crippen molar-refractivity contribution >= 4 is 75.1 Å². The molecule has 0 saturated carbocycles. The monoisotopic (exact) mass is 630 g/mol. The van der Waals surface area contributed by atoms with Crippen molar-refractivity contribution in [1.82, 2.24) is 9.13 Å². The molecule has 3 heterocycles. The Labute approximate surface area is 281 Å². The van der Waals surface area contributed by atoms with Crippen LogP contribution >= 0.6 is 11.3 Å². The summed E-state index contributed by atoms with van der Waals surface area (Å²) in [5, 5.41) is 7.85. The number of para-hydroxylation sites is 4. The zero-order valence-corrected chi connectivity index (χ0v) is 27.5. The third-order valence-electron chi connectivity index (χ3n) is 10.9. The van der Waals surface area contributed by atoms with Crippen molar-refractivity contribution in [3.8, 4) is 22.5 Å². The predicted molar refractivity (Wildman–Crippen MR) is 206 cm³/mol. The molecule has 1 aliphatic rings. The van der Waals surface area contributed by atoms with Crippen molar-refractivity contribution in [3.05, 3.63) is 157 Å². The van der Waals surface area contributed by atoms with Gasteiger partial charge in [0.15, 0.2) is 0 Å². The van der Waals surface area contributed by atoms with Crippen LogP contribution in [0.5, 0.6) is 0 Å². The number of aromatic nitrogens is 2. The summed E-state index contributed by atoms with van der Waals surface area (Å²) in [4.78, 5) is 0. The van der Waals surface area contributed by atoms with E-state index in [0.717, 1.165) is 0 Å². The summed E-state index contributed by atoms with van der Waals surface area (Å²) in [7, 11) is 0. The maximum Gasteiger partial charge on any atom is 0.0541 e. The molecule has 2 nitrogen and oxygen atoms in total. The van der Waals surface area contributed by atoms with E-state index in [1.54, 1.807) is 0 Å². The molecule has 0 bridgehead atoms. The molecule has 11 rings (SSSR count). The highest BCUT2D eigenvalue weighted by Crippen LogP contribution is 2.54. The molecule has 3 heteroatoms. The van der Waals surface area contributed by atoms with Gasteiger partial charge >= 0.3 is 0 Å². The van der Waals surface area contributed by atoms with E-state index in [1.807, 2.05) is 11.3 Å². The first-order chi connectivity index (χ1) is 23.6. The Morgan fingerprint density at radius 2 is 0.917 bits per heavy atom. The first-order valence-corrected chi connectivity index (χ1v) is 17.5. The Kier molecular flexibility index (Phi) is 5.09. The molecule has 3 aromatic heterocycles. The third kappa shape index (κ3) is 3.31. The lowest BCUT2D eigenvalue weighted by Crippen LogP contribution is -2.15. The van der Waals surface area contributed by atoms with Crippen LogP contribution in [-0.2, 0) is 5.41 Å². The molecule has 0 unspecified atom stereocenters. The van der Waals surface area contributed by atoms with Gasteiger partial charge in [-0.15, -0.1) is 11.3 Å².